The van der Waals surface area contributed by atoms with Gasteiger partial charge in [-0.1, -0.05) is 37.3 Å². The van der Waals surface area contributed by atoms with Gasteiger partial charge in [0.15, 0.2) is 5.96 Å². The number of aliphatic hydroxyl groups is 1. The van der Waals surface area contributed by atoms with Crippen LogP contribution in [-0.2, 0) is 16.1 Å². The van der Waals surface area contributed by atoms with Gasteiger partial charge in [0.1, 0.15) is 0 Å². The van der Waals surface area contributed by atoms with Crippen molar-refractivity contribution >= 4 is 29.9 Å². The molecule has 0 amide bonds. The topological polar surface area (TPSA) is 75.1 Å². The molecule has 0 radical (unpaired) electrons. The zero-order valence-corrected chi connectivity index (χ0v) is 18.1. The highest BCUT2D eigenvalue weighted by atomic mass is 127. The lowest BCUT2D eigenvalue weighted by Crippen LogP contribution is -2.49. The molecule has 7 heteroatoms. The molecule has 0 aromatic heterocycles. The minimum absolute atomic E-state index is 0. The summed E-state index contributed by atoms with van der Waals surface area (Å²) < 4.78 is 11.0. The maximum atomic E-state index is 9.48. The van der Waals surface area contributed by atoms with E-state index in [9.17, 15) is 5.11 Å². The van der Waals surface area contributed by atoms with Crippen LogP contribution < -0.4 is 10.6 Å². The highest BCUT2D eigenvalue weighted by Gasteiger charge is 2.37. The Kier molecular flexibility index (Phi) is 11.1. The molecule has 0 aliphatic carbocycles. The van der Waals surface area contributed by atoms with Crippen molar-refractivity contribution in [2.24, 2.45) is 16.3 Å². The molecule has 6 nitrogen and oxygen atoms in total. The second-order valence-corrected chi connectivity index (χ2v) is 6.83. The summed E-state index contributed by atoms with van der Waals surface area (Å²) in [5.74, 6) is 1.14. The van der Waals surface area contributed by atoms with Crippen LogP contribution in [0.4, 0.5) is 0 Å². The first-order chi connectivity index (χ1) is 12.2. The van der Waals surface area contributed by atoms with Gasteiger partial charge in [-0.2, -0.15) is 0 Å². The lowest BCUT2D eigenvalue weighted by atomic mass is 9.87. The maximum absolute atomic E-state index is 9.48. The van der Waals surface area contributed by atoms with Gasteiger partial charge in [-0.05, 0) is 18.4 Å². The van der Waals surface area contributed by atoms with E-state index in [-0.39, 0.29) is 36.0 Å². The first-order valence-corrected chi connectivity index (χ1v) is 9.00. The van der Waals surface area contributed by atoms with E-state index >= 15 is 0 Å². The Morgan fingerprint density at radius 1 is 1.31 bits per heavy atom. The van der Waals surface area contributed by atoms with Crippen LogP contribution in [-0.4, -0.2) is 57.1 Å². The average Bonchev–Trinajstić information content (AvgIpc) is 2.60. The molecule has 1 aliphatic heterocycles. The van der Waals surface area contributed by atoms with E-state index < -0.39 is 0 Å². The lowest BCUT2D eigenvalue weighted by Gasteiger charge is -2.38. The van der Waals surface area contributed by atoms with Crippen molar-refractivity contribution in [1.82, 2.24) is 10.6 Å². The first kappa shape index (κ1) is 23.1. The van der Waals surface area contributed by atoms with E-state index in [1.54, 1.807) is 0 Å². The molecule has 2 rings (SSSR count). The number of ether oxygens (including phenoxy) is 2. The molecule has 1 fully saturated rings. The van der Waals surface area contributed by atoms with Gasteiger partial charge in [-0.15, -0.1) is 24.0 Å². The third-order valence-corrected chi connectivity index (χ3v) is 4.20. The number of aliphatic imine (C=N–C) groups is 1. The standard InChI is InChI=1S/C19H31N3O3.HI/c1-3-20-18(22-12-19(13-23)14-25-15-19)21-9-16(2)10-24-11-17-7-5-4-6-8-17;/h4-8,16,23H,3,9-15H2,1-2H3,(H2,20,21,22);1H. The van der Waals surface area contributed by atoms with Crippen molar-refractivity contribution in [3.63, 3.8) is 0 Å². The van der Waals surface area contributed by atoms with Crippen molar-refractivity contribution in [1.29, 1.82) is 0 Å². The largest absolute Gasteiger partial charge is 0.396 e. The Bertz CT molecular complexity index is 519. The minimum Gasteiger partial charge on any atom is -0.396 e. The molecule has 0 bridgehead atoms. The predicted octanol–water partition coefficient (Wildman–Crippen LogP) is 2.02. The Balaban J connectivity index is 0.00000338. The van der Waals surface area contributed by atoms with Gasteiger partial charge in [-0.3, -0.25) is 4.99 Å². The third-order valence-electron chi connectivity index (χ3n) is 4.20. The molecule has 1 aliphatic rings. The summed E-state index contributed by atoms with van der Waals surface area (Å²) in [4.78, 5) is 4.59. The van der Waals surface area contributed by atoms with E-state index in [0.29, 0.717) is 38.9 Å². The fourth-order valence-corrected chi connectivity index (χ4v) is 2.49. The maximum Gasteiger partial charge on any atom is 0.191 e. The fraction of sp³-hybridized carbons (Fsp3) is 0.632. The number of hydrogen-bond donors (Lipinski definition) is 3. The normalized spacial score (nSPS) is 17.0. The molecular weight excluding hydrogens is 445 g/mol. The molecule has 0 saturated carbocycles. The van der Waals surface area contributed by atoms with Crippen LogP contribution in [0.3, 0.4) is 0 Å². The van der Waals surface area contributed by atoms with Gasteiger partial charge < -0.3 is 25.2 Å². The number of nitrogens with one attached hydrogen (secondary N) is 2. The van der Waals surface area contributed by atoms with E-state index in [0.717, 1.165) is 19.0 Å². The number of benzene rings is 1. The Morgan fingerprint density at radius 2 is 2.04 bits per heavy atom. The zero-order valence-electron chi connectivity index (χ0n) is 15.7. The summed E-state index contributed by atoms with van der Waals surface area (Å²) in [5, 5.41) is 16.1. The number of nitrogens with zero attached hydrogens (tertiary/aromatic N) is 1. The van der Waals surface area contributed by atoms with Crippen LogP contribution in [0.1, 0.15) is 19.4 Å². The molecular formula is C19H32IN3O3. The summed E-state index contributed by atoms with van der Waals surface area (Å²) in [6.07, 6.45) is 0. The lowest BCUT2D eigenvalue weighted by molar-refractivity contribution is -0.130. The fourth-order valence-electron chi connectivity index (χ4n) is 2.49. The van der Waals surface area contributed by atoms with Gasteiger partial charge in [0, 0.05) is 13.1 Å². The quantitative estimate of drug-likeness (QED) is 0.273. The monoisotopic (exact) mass is 477 g/mol. The molecule has 148 valence electrons. The minimum atomic E-state index is -0.202. The van der Waals surface area contributed by atoms with Gasteiger partial charge in [0.2, 0.25) is 0 Å². The molecule has 1 aromatic rings. The van der Waals surface area contributed by atoms with Crippen molar-refractivity contribution in [2.45, 2.75) is 20.5 Å². The van der Waals surface area contributed by atoms with Crippen LogP contribution in [0.2, 0.25) is 0 Å². The first-order valence-electron chi connectivity index (χ1n) is 9.00. The Hall–Kier alpha value is -0.900. The summed E-state index contributed by atoms with van der Waals surface area (Å²) in [6.45, 7) is 8.93. The molecule has 1 heterocycles. The summed E-state index contributed by atoms with van der Waals surface area (Å²) in [5.41, 5.74) is 0.988. The molecule has 1 aromatic carbocycles. The highest BCUT2D eigenvalue weighted by molar-refractivity contribution is 14.0. The highest BCUT2D eigenvalue weighted by Crippen LogP contribution is 2.26. The molecule has 3 N–H and O–H groups in total. The van der Waals surface area contributed by atoms with Gasteiger partial charge in [0.05, 0.1) is 45.0 Å². The number of halogens is 1. The molecule has 26 heavy (non-hydrogen) atoms. The molecule has 1 saturated heterocycles. The Morgan fingerprint density at radius 3 is 2.62 bits per heavy atom. The summed E-state index contributed by atoms with van der Waals surface area (Å²) in [7, 11) is 0. The number of rotatable bonds is 10. The SMILES string of the molecule is CCNC(=NCC1(CO)COC1)NCC(C)COCc1ccccc1.I. The van der Waals surface area contributed by atoms with Crippen LogP contribution in [0, 0.1) is 11.3 Å². The number of hydrogen-bond acceptors (Lipinski definition) is 4. The van der Waals surface area contributed by atoms with E-state index in [1.807, 2.05) is 25.1 Å². The number of aliphatic hydroxyl groups excluding tert-OH is 1. The van der Waals surface area contributed by atoms with E-state index in [2.05, 4.69) is 34.7 Å². The van der Waals surface area contributed by atoms with Crippen LogP contribution in [0.5, 0.6) is 0 Å². The van der Waals surface area contributed by atoms with Gasteiger partial charge >= 0.3 is 0 Å². The van der Waals surface area contributed by atoms with Gasteiger partial charge in [0.25, 0.3) is 0 Å². The van der Waals surface area contributed by atoms with Crippen LogP contribution in [0.15, 0.2) is 35.3 Å². The third kappa shape index (κ3) is 7.77. The van der Waals surface area contributed by atoms with Crippen LogP contribution in [0.25, 0.3) is 0 Å². The molecule has 1 unspecified atom stereocenters. The summed E-state index contributed by atoms with van der Waals surface area (Å²) in [6, 6.07) is 10.2. The van der Waals surface area contributed by atoms with Crippen molar-refractivity contribution in [2.75, 3.05) is 46.1 Å². The Labute approximate surface area is 173 Å². The second kappa shape index (κ2) is 12.5. The number of guanidine groups is 1. The molecule has 1 atom stereocenters. The molecule has 0 spiro atoms. The zero-order chi connectivity index (χ0) is 18.0. The second-order valence-electron chi connectivity index (χ2n) is 6.83. The smallest absolute Gasteiger partial charge is 0.191 e. The van der Waals surface area contributed by atoms with E-state index in [4.69, 9.17) is 9.47 Å². The summed E-state index contributed by atoms with van der Waals surface area (Å²) >= 11 is 0. The predicted molar refractivity (Wildman–Crippen MR) is 115 cm³/mol. The van der Waals surface area contributed by atoms with E-state index in [1.165, 1.54) is 5.56 Å². The van der Waals surface area contributed by atoms with Crippen molar-refractivity contribution in [3.8, 4) is 0 Å². The van der Waals surface area contributed by atoms with Gasteiger partial charge in [-0.25, -0.2) is 0 Å². The van der Waals surface area contributed by atoms with Crippen molar-refractivity contribution < 1.29 is 14.6 Å². The average molecular weight is 477 g/mol. The van der Waals surface area contributed by atoms with Crippen LogP contribution >= 0.6 is 24.0 Å². The van der Waals surface area contributed by atoms with Crippen molar-refractivity contribution in [3.05, 3.63) is 35.9 Å².